The minimum Gasteiger partial charge on any atom is -0.349 e. The van der Waals surface area contributed by atoms with Gasteiger partial charge in [-0.25, -0.2) is 13.6 Å². The van der Waals surface area contributed by atoms with Crippen LogP contribution in [0.3, 0.4) is 0 Å². The van der Waals surface area contributed by atoms with Gasteiger partial charge in [0.05, 0.1) is 5.56 Å². The lowest BCUT2D eigenvalue weighted by molar-refractivity contribution is 0.0826. The maximum absolute atomic E-state index is 12.4. The highest BCUT2D eigenvalue weighted by Gasteiger charge is 2.61. The summed E-state index contributed by atoms with van der Waals surface area (Å²) in [4.78, 5) is 12.4. The second-order valence-electron chi connectivity index (χ2n) is 7.34. The molecule has 1 amide bonds. The maximum atomic E-state index is 12.4. The maximum Gasteiger partial charge on any atom is 0.252 e. The van der Waals surface area contributed by atoms with Crippen molar-refractivity contribution in [3.8, 4) is 0 Å². The van der Waals surface area contributed by atoms with E-state index >= 15 is 0 Å². The number of nitrogens with one attached hydrogen (secondary N) is 1. The van der Waals surface area contributed by atoms with Gasteiger partial charge in [-0.1, -0.05) is 20.8 Å². The van der Waals surface area contributed by atoms with E-state index in [0.717, 1.165) is 24.2 Å². The van der Waals surface area contributed by atoms with Gasteiger partial charge in [0, 0.05) is 11.4 Å². The van der Waals surface area contributed by atoms with Gasteiger partial charge in [0.1, 0.15) is 4.21 Å². The Balaban J connectivity index is 1.78. The van der Waals surface area contributed by atoms with E-state index in [2.05, 4.69) is 26.1 Å². The first-order valence-corrected chi connectivity index (χ1v) is 9.90. The molecule has 0 aromatic carbocycles. The number of sulfonamides is 1. The van der Waals surface area contributed by atoms with E-state index in [1.54, 1.807) is 5.38 Å². The number of thiophene rings is 1. The van der Waals surface area contributed by atoms with Crippen LogP contribution in [0, 0.1) is 16.7 Å². The van der Waals surface area contributed by atoms with Crippen LogP contribution in [0.1, 0.15) is 50.4 Å². The summed E-state index contributed by atoms with van der Waals surface area (Å²) in [6.45, 7) is 6.84. The fraction of sp³-hybridized carbons (Fsp3) is 0.667. The first kappa shape index (κ1) is 16.0. The van der Waals surface area contributed by atoms with Crippen molar-refractivity contribution >= 4 is 27.3 Å². The number of carbonyl (C=O) groups excluding carboxylic acids is 1. The fourth-order valence-electron chi connectivity index (χ4n) is 4.25. The third-order valence-electron chi connectivity index (χ3n) is 6.22. The molecule has 22 heavy (non-hydrogen) atoms. The summed E-state index contributed by atoms with van der Waals surface area (Å²) in [7, 11) is -3.74. The molecular weight excluding hydrogens is 320 g/mol. The normalized spacial score (nSPS) is 33.1. The molecule has 2 saturated carbocycles. The highest BCUT2D eigenvalue weighted by Crippen LogP contribution is 2.65. The molecule has 7 heteroatoms. The third-order valence-corrected chi connectivity index (χ3v) is 8.60. The molecule has 2 aliphatic carbocycles. The smallest absolute Gasteiger partial charge is 0.252 e. The number of amides is 1. The van der Waals surface area contributed by atoms with Gasteiger partial charge in [-0.15, -0.1) is 11.3 Å². The molecule has 2 bridgehead atoms. The van der Waals surface area contributed by atoms with Crippen LogP contribution in [0.15, 0.2) is 15.7 Å². The Morgan fingerprint density at radius 3 is 2.55 bits per heavy atom. The quantitative estimate of drug-likeness (QED) is 0.883. The monoisotopic (exact) mass is 342 g/mol. The Morgan fingerprint density at radius 1 is 1.41 bits per heavy atom. The summed E-state index contributed by atoms with van der Waals surface area (Å²) in [5, 5.41) is 9.76. The highest BCUT2D eigenvalue weighted by atomic mass is 32.2. The van der Waals surface area contributed by atoms with E-state index in [4.69, 9.17) is 5.14 Å². The van der Waals surface area contributed by atoms with Crippen LogP contribution in [0.4, 0.5) is 0 Å². The Morgan fingerprint density at radius 2 is 2.09 bits per heavy atom. The van der Waals surface area contributed by atoms with Crippen LogP contribution < -0.4 is 10.5 Å². The molecule has 1 aromatic heterocycles. The molecule has 1 aromatic rings. The average Bonchev–Trinajstić information content (AvgIpc) is 3.01. The molecular formula is C15H22N2O3S2. The van der Waals surface area contributed by atoms with Crippen molar-refractivity contribution in [1.82, 2.24) is 5.32 Å². The van der Waals surface area contributed by atoms with Crippen LogP contribution in [0.25, 0.3) is 0 Å². The summed E-state index contributed by atoms with van der Waals surface area (Å²) < 4.78 is 22.6. The van der Waals surface area contributed by atoms with Gasteiger partial charge < -0.3 is 5.32 Å². The highest BCUT2D eigenvalue weighted by molar-refractivity contribution is 7.91. The van der Waals surface area contributed by atoms with Crippen molar-refractivity contribution < 1.29 is 13.2 Å². The van der Waals surface area contributed by atoms with Gasteiger partial charge in [-0.05, 0) is 42.1 Å². The van der Waals surface area contributed by atoms with Crippen LogP contribution in [0.2, 0.25) is 0 Å². The lowest BCUT2D eigenvalue weighted by Gasteiger charge is -2.39. The Labute approximate surface area is 135 Å². The SMILES string of the molecule is CC1(C)[C@H]2CC[C@@]1(C)[C@H](NC(=O)c1csc(S(N)(=O)=O)c1)C2. The van der Waals surface area contributed by atoms with E-state index < -0.39 is 10.0 Å². The lowest BCUT2D eigenvalue weighted by atomic mass is 9.69. The Kier molecular flexibility index (Phi) is 3.47. The van der Waals surface area contributed by atoms with E-state index in [1.165, 1.54) is 12.5 Å². The van der Waals surface area contributed by atoms with Crippen molar-refractivity contribution in [2.75, 3.05) is 0 Å². The summed E-state index contributed by atoms with van der Waals surface area (Å²) in [5.41, 5.74) is 0.704. The first-order valence-electron chi connectivity index (χ1n) is 7.48. The van der Waals surface area contributed by atoms with Gasteiger partial charge in [-0.2, -0.15) is 0 Å². The van der Waals surface area contributed by atoms with Gasteiger partial charge >= 0.3 is 0 Å². The number of hydrogen-bond donors (Lipinski definition) is 2. The summed E-state index contributed by atoms with van der Waals surface area (Å²) in [6.07, 6.45) is 3.35. The van der Waals surface area contributed by atoms with Crippen LogP contribution >= 0.6 is 11.3 Å². The first-order chi connectivity index (χ1) is 10.1. The van der Waals surface area contributed by atoms with Crippen molar-refractivity contribution in [3.05, 3.63) is 17.0 Å². The van der Waals surface area contributed by atoms with Gasteiger partial charge in [0.25, 0.3) is 5.91 Å². The van der Waals surface area contributed by atoms with Crippen molar-refractivity contribution in [2.24, 2.45) is 21.9 Å². The van der Waals surface area contributed by atoms with Crippen LogP contribution in [0.5, 0.6) is 0 Å². The van der Waals surface area contributed by atoms with E-state index in [-0.39, 0.29) is 27.0 Å². The molecule has 3 rings (SSSR count). The lowest BCUT2D eigenvalue weighted by Crippen LogP contribution is -2.46. The molecule has 3 atom stereocenters. The van der Waals surface area contributed by atoms with Crippen molar-refractivity contribution in [1.29, 1.82) is 0 Å². The zero-order valence-electron chi connectivity index (χ0n) is 13.0. The second kappa shape index (κ2) is 4.79. The third kappa shape index (κ3) is 2.21. The van der Waals surface area contributed by atoms with E-state index in [1.807, 2.05) is 0 Å². The number of rotatable bonds is 3. The van der Waals surface area contributed by atoms with Gasteiger partial charge in [0.2, 0.25) is 10.0 Å². The molecule has 2 fully saturated rings. The molecule has 122 valence electrons. The van der Waals surface area contributed by atoms with Crippen molar-refractivity contribution in [2.45, 2.75) is 50.3 Å². The van der Waals surface area contributed by atoms with Gasteiger partial charge in [-0.3, -0.25) is 4.79 Å². The number of fused-ring (bicyclic) bond motifs is 2. The molecule has 0 radical (unpaired) electrons. The predicted molar refractivity (Wildman–Crippen MR) is 86.2 cm³/mol. The van der Waals surface area contributed by atoms with E-state index in [9.17, 15) is 13.2 Å². The molecule has 1 heterocycles. The minimum absolute atomic E-state index is 0.0251. The molecule has 0 unspecified atom stereocenters. The fourth-order valence-corrected chi connectivity index (χ4v) is 5.83. The zero-order valence-corrected chi connectivity index (χ0v) is 14.7. The summed E-state index contributed by atoms with van der Waals surface area (Å²) in [6, 6.07) is 1.50. The Hall–Kier alpha value is -0.920. The summed E-state index contributed by atoms with van der Waals surface area (Å²) in [5.74, 6) is 0.436. The van der Waals surface area contributed by atoms with E-state index in [0.29, 0.717) is 11.5 Å². The molecule has 2 aliphatic rings. The number of hydrogen-bond acceptors (Lipinski definition) is 4. The van der Waals surface area contributed by atoms with Crippen molar-refractivity contribution in [3.63, 3.8) is 0 Å². The van der Waals surface area contributed by atoms with Crippen LogP contribution in [-0.2, 0) is 10.0 Å². The standard InChI is InChI=1S/C15H22N2O3S2/c1-14(2)10-4-5-15(14,3)11(7-10)17-13(18)9-6-12(21-8-9)22(16,19)20/h6,8,10-11H,4-5,7H2,1-3H3,(H,17,18)(H2,16,19,20)/t10-,11+,15-/m0/s1. The predicted octanol–water partition coefficient (Wildman–Crippen LogP) is 2.34. The molecule has 0 aliphatic heterocycles. The molecule has 5 nitrogen and oxygen atoms in total. The topological polar surface area (TPSA) is 89.3 Å². The summed E-state index contributed by atoms with van der Waals surface area (Å²) >= 11 is 0.983. The molecule has 0 saturated heterocycles. The minimum atomic E-state index is -3.74. The average molecular weight is 342 g/mol. The Bertz CT molecular complexity index is 723. The second-order valence-corrected chi connectivity index (χ2v) is 10.0. The number of carbonyl (C=O) groups is 1. The largest absolute Gasteiger partial charge is 0.349 e. The number of nitrogens with two attached hydrogens (primary N) is 1. The number of primary sulfonamides is 1. The van der Waals surface area contributed by atoms with Gasteiger partial charge in [0.15, 0.2) is 0 Å². The molecule has 0 spiro atoms. The molecule has 3 N–H and O–H groups in total. The van der Waals surface area contributed by atoms with Crippen LogP contribution in [-0.4, -0.2) is 20.4 Å². The zero-order chi connectivity index (χ0) is 16.3.